The van der Waals surface area contributed by atoms with Crippen LogP contribution in [0.4, 0.5) is 5.82 Å². The molecule has 0 saturated carbocycles. The molecule has 0 unspecified atom stereocenters. The van der Waals surface area contributed by atoms with Crippen molar-refractivity contribution < 1.29 is 5.11 Å². The van der Waals surface area contributed by atoms with Crippen molar-refractivity contribution >= 4 is 11.3 Å². The predicted octanol–water partition coefficient (Wildman–Crippen LogP) is 0.902. The maximum absolute atomic E-state index is 9.38. The summed E-state index contributed by atoms with van der Waals surface area (Å²) in [6.07, 6.45) is 6.95. The third-order valence-corrected chi connectivity index (χ3v) is 3.36. The van der Waals surface area contributed by atoms with Crippen molar-refractivity contribution in [3.63, 3.8) is 0 Å². The van der Waals surface area contributed by atoms with Crippen LogP contribution in [-0.2, 0) is 5.54 Å². The second-order valence-corrected chi connectivity index (χ2v) is 5.35. The summed E-state index contributed by atoms with van der Waals surface area (Å²) in [5.41, 5.74) is 8.04. The van der Waals surface area contributed by atoms with Gasteiger partial charge in [0, 0.05) is 23.5 Å². The maximum atomic E-state index is 9.38. The second-order valence-electron chi connectivity index (χ2n) is 5.35. The van der Waals surface area contributed by atoms with E-state index in [1.54, 1.807) is 15.4 Å². The first-order valence-electron chi connectivity index (χ1n) is 6.26. The highest BCUT2D eigenvalue weighted by Crippen LogP contribution is 2.25. The van der Waals surface area contributed by atoms with E-state index in [0.29, 0.717) is 5.82 Å². The summed E-state index contributed by atoms with van der Waals surface area (Å²) < 4.78 is 3.44. The molecule has 3 heterocycles. The number of hydrogen-bond donors (Lipinski definition) is 2. The van der Waals surface area contributed by atoms with Gasteiger partial charge in [-0.2, -0.15) is 10.2 Å². The number of hydrogen-bond acceptors (Lipinski definition) is 5. The lowest BCUT2D eigenvalue weighted by atomic mass is 10.1. The molecular formula is C13H16N6O. The molecule has 0 fully saturated rings. The van der Waals surface area contributed by atoms with Gasteiger partial charge in [0.2, 0.25) is 0 Å². The second kappa shape index (κ2) is 4.31. The van der Waals surface area contributed by atoms with E-state index in [9.17, 15) is 5.11 Å². The third-order valence-electron chi connectivity index (χ3n) is 3.36. The van der Waals surface area contributed by atoms with Crippen molar-refractivity contribution in [2.45, 2.75) is 19.4 Å². The third kappa shape index (κ3) is 1.92. The Bertz CT molecular complexity index is 757. The van der Waals surface area contributed by atoms with Crippen LogP contribution in [0.3, 0.4) is 0 Å². The van der Waals surface area contributed by atoms with Crippen LogP contribution in [-0.4, -0.2) is 36.1 Å². The highest BCUT2D eigenvalue weighted by molar-refractivity contribution is 5.75. The molecule has 0 saturated heterocycles. The Labute approximate surface area is 115 Å². The molecule has 3 rings (SSSR count). The van der Waals surface area contributed by atoms with Gasteiger partial charge in [0.25, 0.3) is 0 Å². The van der Waals surface area contributed by atoms with E-state index >= 15 is 0 Å². The van der Waals surface area contributed by atoms with Crippen molar-refractivity contribution in [3.05, 3.63) is 31.0 Å². The molecule has 0 spiro atoms. The van der Waals surface area contributed by atoms with Gasteiger partial charge in [-0.15, -0.1) is 0 Å². The number of aliphatic hydroxyl groups excluding tert-OH is 1. The largest absolute Gasteiger partial charge is 0.394 e. The van der Waals surface area contributed by atoms with Crippen LogP contribution < -0.4 is 5.73 Å². The summed E-state index contributed by atoms with van der Waals surface area (Å²) in [5, 5.41) is 17.8. The van der Waals surface area contributed by atoms with E-state index in [-0.39, 0.29) is 6.61 Å². The van der Waals surface area contributed by atoms with Gasteiger partial charge in [0.1, 0.15) is 11.8 Å². The number of anilines is 1. The van der Waals surface area contributed by atoms with Gasteiger partial charge in [0.15, 0.2) is 5.82 Å². The fraction of sp³-hybridized carbons (Fsp3) is 0.308. The maximum Gasteiger partial charge on any atom is 0.151 e. The van der Waals surface area contributed by atoms with Gasteiger partial charge in [0.05, 0.1) is 18.3 Å². The van der Waals surface area contributed by atoms with Crippen LogP contribution in [0.1, 0.15) is 13.8 Å². The fourth-order valence-corrected chi connectivity index (χ4v) is 1.98. The number of aromatic nitrogens is 5. The molecule has 0 radical (unpaired) electrons. The van der Waals surface area contributed by atoms with Crippen LogP contribution in [0.15, 0.2) is 31.0 Å². The number of nitrogen functional groups attached to an aromatic ring is 1. The summed E-state index contributed by atoms with van der Waals surface area (Å²) in [5.74, 6) is 0.439. The van der Waals surface area contributed by atoms with Crippen molar-refractivity contribution in [1.29, 1.82) is 0 Å². The van der Waals surface area contributed by atoms with Crippen molar-refractivity contribution in [3.8, 4) is 11.1 Å². The highest BCUT2D eigenvalue weighted by atomic mass is 16.3. The quantitative estimate of drug-likeness (QED) is 0.738. The van der Waals surface area contributed by atoms with Crippen molar-refractivity contribution in [2.75, 3.05) is 12.3 Å². The molecule has 7 heteroatoms. The normalized spacial score (nSPS) is 12.2. The Morgan fingerprint density at radius 1 is 1.25 bits per heavy atom. The monoisotopic (exact) mass is 272 g/mol. The van der Waals surface area contributed by atoms with Crippen LogP contribution in [0.2, 0.25) is 0 Å². The topological polar surface area (TPSA) is 94.3 Å². The zero-order valence-electron chi connectivity index (χ0n) is 11.4. The van der Waals surface area contributed by atoms with Gasteiger partial charge >= 0.3 is 0 Å². The average Bonchev–Trinajstić information content (AvgIpc) is 3.05. The summed E-state index contributed by atoms with van der Waals surface area (Å²) >= 11 is 0. The highest BCUT2D eigenvalue weighted by Gasteiger charge is 2.20. The molecular weight excluding hydrogens is 256 g/mol. The zero-order valence-corrected chi connectivity index (χ0v) is 11.4. The molecule has 0 bridgehead atoms. The first-order chi connectivity index (χ1) is 9.51. The van der Waals surface area contributed by atoms with Crippen LogP contribution in [0.5, 0.6) is 0 Å². The SMILES string of the molecule is CC(C)(CO)n1cc(-c2cc3c(N)ncnn3c2)cn1. The molecule has 3 N–H and O–H groups in total. The number of fused-ring (bicyclic) bond motifs is 1. The number of aliphatic hydroxyl groups is 1. The molecule has 3 aromatic heterocycles. The Balaban J connectivity index is 2.06. The minimum atomic E-state index is -0.434. The van der Waals surface area contributed by atoms with Crippen LogP contribution >= 0.6 is 0 Å². The molecule has 0 aromatic carbocycles. The lowest BCUT2D eigenvalue weighted by molar-refractivity contribution is 0.152. The minimum absolute atomic E-state index is 0.0181. The summed E-state index contributed by atoms with van der Waals surface area (Å²) in [4.78, 5) is 3.96. The summed E-state index contributed by atoms with van der Waals surface area (Å²) in [7, 11) is 0. The smallest absolute Gasteiger partial charge is 0.151 e. The molecule has 20 heavy (non-hydrogen) atoms. The van der Waals surface area contributed by atoms with E-state index in [4.69, 9.17) is 5.73 Å². The van der Waals surface area contributed by atoms with Crippen molar-refractivity contribution in [2.24, 2.45) is 0 Å². The average molecular weight is 272 g/mol. The number of rotatable bonds is 3. The molecule has 104 valence electrons. The van der Waals surface area contributed by atoms with Gasteiger partial charge in [-0.05, 0) is 19.9 Å². The molecule has 0 aliphatic heterocycles. The van der Waals surface area contributed by atoms with Crippen LogP contribution in [0.25, 0.3) is 16.6 Å². The van der Waals surface area contributed by atoms with Crippen molar-refractivity contribution in [1.82, 2.24) is 24.4 Å². The number of nitrogens with zero attached hydrogens (tertiary/aromatic N) is 5. The van der Waals surface area contributed by atoms with E-state index in [1.165, 1.54) is 6.33 Å². The molecule has 0 atom stereocenters. The predicted molar refractivity (Wildman–Crippen MR) is 75.0 cm³/mol. The van der Waals surface area contributed by atoms with Gasteiger partial charge in [-0.1, -0.05) is 0 Å². The first kappa shape index (κ1) is 12.6. The molecule has 0 aliphatic carbocycles. The zero-order chi connectivity index (χ0) is 14.3. The standard InChI is InChI=1S/C13H16N6O/c1-13(2,7-20)19-6-10(4-16-19)9-3-11-12(14)15-8-17-18(11)5-9/h3-6,8,20H,7H2,1-2H3,(H2,14,15,17). The number of nitrogens with two attached hydrogens (primary N) is 1. The van der Waals surface area contributed by atoms with Gasteiger partial charge in [-0.3, -0.25) is 4.68 Å². The summed E-state index contributed by atoms with van der Waals surface area (Å²) in [6, 6.07) is 1.92. The van der Waals surface area contributed by atoms with E-state index in [2.05, 4.69) is 15.2 Å². The Morgan fingerprint density at radius 2 is 2.05 bits per heavy atom. The lowest BCUT2D eigenvalue weighted by Gasteiger charge is -2.21. The Morgan fingerprint density at radius 3 is 2.75 bits per heavy atom. The minimum Gasteiger partial charge on any atom is -0.394 e. The van der Waals surface area contributed by atoms with E-state index < -0.39 is 5.54 Å². The lowest BCUT2D eigenvalue weighted by Crippen LogP contribution is -2.30. The first-order valence-corrected chi connectivity index (χ1v) is 6.26. The van der Waals surface area contributed by atoms with E-state index in [1.807, 2.05) is 32.3 Å². The Hall–Kier alpha value is -2.41. The molecule has 0 amide bonds. The molecule has 7 nitrogen and oxygen atoms in total. The molecule has 0 aliphatic rings. The Kier molecular flexibility index (Phi) is 2.72. The van der Waals surface area contributed by atoms with Gasteiger partial charge in [-0.25, -0.2) is 9.50 Å². The molecule has 3 aromatic rings. The summed E-state index contributed by atoms with van der Waals surface area (Å²) in [6.45, 7) is 3.86. The van der Waals surface area contributed by atoms with Crippen LogP contribution in [0, 0.1) is 0 Å². The van der Waals surface area contributed by atoms with E-state index in [0.717, 1.165) is 16.6 Å². The van der Waals surface area contributed by atoms with Gasteiger partial charge < -0.3 is 10.8 Å². The fourth-order valence-electron chi connectivity index (χ4n) is 1.98.